The Kier molecular flexibility index (Phi) is 4.61. The van der Waals surface area contributed by atoms with E-state index in [0.717, 1.165) is 40.6 Å². The Hall–Kier alpha value is -0.620. The standard InChI is InChI=1S/C14H18INO2/c1-10-4-3-5-12(13(10)15)14(17)16-8-6-11(18-2)7-9-16/h3-5,11H,6-9H2,1-2H3. The Morgan fingerprint density at radius 1 is 1.39 bits per heavy atom. The second-order valence-corrected chi connectivity index (χ2v) is 5.74. The third kappa shape index (κ3) is 2.85. The largest absolute Gasteiger partial charge is 0.381 e. The number of likely N-dealkylation sites (tertiary alicyclic amines) is 1. The third-order valence-corrected chi connectivity index (χ3v) is 4.92. The highest BCUT2D eigenvalue weighted by Crippen LogP contribution is 2.21. The lowest BCUT2D eigenvalue weighted by molar-refractivity contribution is 0.0350. The van der Waals surface area contributed by atoms with Crippen LogP contribution in [-0.4, -0.2) is 37.1 Å². The SMILES string of the molecule is COC1CCN(C(=O)c2cccc(C)c2I)CC1. The van der Waals surface area contributed by atoms with Crippen LogP contribution < -0.4 is 0 Å². The number of hydrogen-bond donors (Lipinski definition) is 0. The molecule has 0 bridgehead atoms. The van der Waals surface area contributed by atoms with Gasteiger partial charge in [0.1, 0.15) is 0 Å². The lowest BCUT2D eigenvalue weighted by Crippen LogP contribution is -2.40. The molecule has 1 aromatic rings. The molecule has 0 radical (unpaired) electrons. The van der Waals surface area contributed by atoms with Crippen LogP contribution >= 0.6 is 22.6 Å². The number of carbonyl (C=O) groups is 1. The predicted octanol–water partition coefficient (Wildman–Crippen LogP) is 2.85. The number of aryl methyl sites for hydroxylation is 1. The van der Waals surface area contributed by atoms with E-state index >= 15 is 0 Å². The lowest BCUT2D eigenvalue weighted by Gasteiger charge is -2.31. The van der Waals surface area contributed by atoms with E-state index < -0.39 is 0 Å². The highest BCUT2D eigenvalue weighted by atomic mass is 127. The maximum atomic E-state index is 12.4. The minimum absolute atomic E-state index is 0.151. The molecular formula is C14H18INO2. The average molecular weight is 359 g/mol. The number of methoxy groups -OCH3 is 1. The van der Waals surface area contributed by atoms with E-state index in [9.17, 15) is 4.79 Å². The molecule has 4 heteroatoms. The molecule has 1 amide bonds. The Bertz CT molecular complexity index is 439. The molecule has 3 nitrogen and oxygen atoms in total. The van der Waals surface area contributed by atoms with Crippen molar-refractivity contribution in [3.8, 4) is 0 Å². The summed E-state index contributed by atoms with van der Waals surface area (Å²) in [5.41, 5.74) is 1.99. The lowest BCUT2D eigenvalue weighted by atomic mass is 10.1. The van der Waals surface area contributed by atoms with Crippen LogP contribution in [0.2, 0.25) is 0 Å². The molecule has 0 aromatic heterocycles. The number of rotatable bonds is 2. The summed E-state index contributed by atoms with van der Waals surface area (Å²) in [6.45, 7) is 3.62. The summed E-state index contributed by atoms with van der Waals surface area (Å²) in [4.78, 5) is 14.4. The molecule has 0 spiro atoms. The van der Waals surface area contributed by atoms with Crippen LogP contribution in [0.1, 0.15) is 28.8 Å². The first-order chi connectivity index (χ1) is 8.63. The molecule has 1 heterocycles. The van der Waals surface area contributed by atoms with Gasteiger partial charge in [-0.05, 0) is 54.0 Å². The van der Waals surface area contributed by atoms with E-state index in [1.54, 1.807) is 7.11 Å². The Balaban J connectivity index is 2.10. The average Bonchev–Trinajstić information content (AvgIpc) is 2.41. The molecule has 98 valence electrons. The molecule has 1 fully saturated rings. The number of benzene rings is 1. The van der Waals surface area contributed by atoms with Gasteiger partial charge in [-0.2, -0.15) is 0 Å². The fourth-order valence-corrected chi connectivity index (χ4v) is 2.87. The number of ether oxygens (including phenoxy) is 1. The van der Waals surface area contributed by atoms with Gasteiger partial charge in [0.05, 0.1) is 11.7 Å². The zero-order valence-electron chi connectivity index (χ0n) is 10.8. The van der Waals surface area contributed by atoms with E-state index in [2.05, 4.69) is 22.6 Å². The second kappa shape index (κ2) is 6.02. The summed E-state index contributed by atoms with van der Waals surface area (Å²) in [6.07, 6.45) is 2.18. The van der Waals surface area contributed by atoms with E-state index in [1.165, 1.54) is 0 Å². The second-order valence-electron chi connectivity index (χ2n) is 4.66. The van der Waals surface area contributed by atoms with Crippen molar-refractivity contribution in [2.75, 3.05) is 20.2 Å². The Labute approximate surface area is 122 Å². The summed E-state index contributed by atoms with van der Waals surface area (Å²) in [5.74, 6) is 0.151. The third-order valence-electron chi connectivity index (χ3n) is 3.48. The summed E-state index contributed by atoms with van der Waals surface area (Å²) in [7, 11) is 1.74. The maximum Gasteiger partial charge on any atom is 0.254 e. The molecule has 1 aliphatic heterocycles. The van der Waals surface area contributed by atoms with E-state index in [0.29, 0.717) is 6.10 Å². The van der Waals surface area contributed by atoms with Gasteiger partial charge in [-0.1, -0.05) is 12.1 Å². The molecule has 18 heavy (non-hydrogen) atoms. The minimum Gasteiger partial charge on any atom is -0.381 e. The van der Waals surface area contributed by atoms with Gasteiger partial charge >= 0.3 is 0 Å². The summed E-state index contributed by atoms with van der Waals surface area (Å²) in [5, 5.41) is 0. The zero-order valence-corrected chi connectivity index (χ0v) is 12.9. The zero-order chi connectivity index (χ0) is 13.1. The summed E-state index contributed by atoms with van der Waals surface area (Å²) < 4.78 is 6.39. The number of piperidine rings is 1. The molecule has 0 aliphatic carbocycles. The molecule has 0 unspecified atom stereocenters. The number of halogens is 1. The fraction of sp³-hybridized carbons (Fsp3) is 0.500. The molecule has 1 saturated heterocycles. The number of nitrogens with zero attached hydrogens (tertiary/aromatic N) is 1. The molecule has 1 aliphatic rings. The van der Waals surface area contributed by atoms with E-state index in [1.807, 2.05) is 30.0 Å². The predicted molar refractivity (Wildman–Crippen MR) is 79.8 cm³/mol. The first-order valence-corrected chi connectivity index (χ1v) is 7.28. The van der Waals surface area contributed by atoms with Crippen molar-refractivity contribution < 1.29 is 9.53 Å². The van der Waals surface area contributed by atoms with Crippen LogP contribution in [0.25, 0.3) is 0 Å². The minimum atomic E-state index is 0.151. The van der Waals surface area contributed by atoms with Crippen LogP contribution in [0.5, 0.6) is 0 Å². The molecule has 0 N–H and O–H groups in total. The highest BCUT2D eigenvalue weighted by Gasteiger charge is 2.24. The molecular weight excluding hydrogens is 341 g/mol. The van der Waals surface area contributed by atoms with Gasteiger partial charge in [-0.3, -0.25) is 4.79 Å². The molecule has 0 saturated carbocycles. The van der Waals surface area contributed by atoms with Crippen molar-refractivity contribution in [1.29, 1.82) is 0 Å². The highest BCUT2D eigenvalue weighted by molar-refractivity contribution is 14.1. The van der Waals surface area contributed by atoms with Crippen LogP contribution in [0.4, 0.5) is 0 Å². The van der Waals surface area contributed by atoms with Crippen LogP contribution in [0, 0.1) is 10.5 Å². The smallest absolute Gasteiger partial charge is 0.254 e. The van der Waals surface area contributed by atoms with Gasteiger partial charge in [0.15, 0.2) is 0 Å². The number of carbonyl (C=O) groups excluding carboxylic acids is 1. The van der Waals surface area contributed by atoms with Crippen LogP contribution in [0.15, 0.2) is 18.2 Å². The molecule has 2 rings (SSSR count). The fourth-order valence-electron chi connectivity index (χ4n) is 2.28. The van der Waals surface area contributed by atoms with Gasteiger partial charge in [-0.15, -0.1) is 0 Å². The Morgan fingerprint density at radius 2 is 2.06 bits per heavy atom. The maximum absolute atomic E-state index is 12.4. The molecule has 1 aromatic carbocycles. The van der Waals surface area contributed by atoms with Crippen LogP contribution in [-0.2, 0) is 4.74 Å². The number of amides is 1. The van der Waals surface area contributed by atoms with Crippen molar-refractivity contribution in [2.24, 2.45) is 0 Å². The quantitative estimate of drug-likeness (QED) is 0.760. The van der Waals surface area contributed by atoms with Crippen molar-refractivity contribution in [1.82, 2.24) is 4.90 Å². The topological polar surface area (TPSA) is 29.5 Å². The van der Waals surface area contributed by atoms with Crippen molar-refractivity contribution in [2.45, 2.75) is 25.9 Å². The van der Waals surface area contributed by atoms with Crippen molar-refractivity contribution >= 4 is 28.5 Å². The van der Waals surface area contributed by atoms with Crippen molar-refractivity contribution in [3.05, 3.63) is 32.9 Å². The van der Waals surface area contributed by atoms with Gasteiger partial charge in [0.2, 0.25) is 0 Å². The summed E-state index contributed by atoms with van der Waals surface area (Å²) in [6, 6.07) is 5.90. The van der Waals surface area contributed by atoms with Gasteiger partial charge < -0.3 is 9.64 Å². The van der Waals surface area contributed by atoms with Crippen molar-refractivity contribution in [3.63, 3.8) is 0 Å². The van der Waals surface area contributed by atoms with Gasteiger partial charge in [-0.25, -0.2) is 0 Å². The van der Waals surface area contributed by atoms with Gasteiger partial charge in [0, 0.05) is 23.8 Å². The van der Waals surface area contributed by atoms with E-state index in [4.69, 9.17) is 4.74 Å². The molecule has 0 atom stereocenters. The van der Waals surface area contributed by atoms with Crippen LogP contribution in [0.3, 0.4) is 0 Å². The summed E-state index contributed by atoms with van der Waals surface area (Å²) >= 11 is 2.26. The monoisotopic (exact) mass is 359 g/mol. The normalized spacial score (nSPS) is 16.9. The first-order valence-electron chi connectivity index (χ1n) is 6.20. The number of hydrogen-bond acceptors (Lipinski definition) is 2. The van der Waals surface area contributed by atoms with Gasteiger partial charge in [0.25, 0.3) is 5.91 Å². The Morgan fingerprint density at radius 3 is 2.67 bits per heavy atom. The van der Waals surface area contributed by atoms with E-state index in [-0.39, 0.29) is 5.91 Å². The first kappa shape index (κ1) is 13.8.